The van der Waals surface area contributed by atoms with Crippen molar-refractivity contribution in [3.8, 4) is 0 Å². The van der Waals surface area contributed by atoms with Crippen molar-refractivity contribution < 1.29 is 4.42 Å². The smallest absolute Gasteiger partial charge is 0.139 e. The Labute approximate surface area is 94.9 Å². The van der Waals surface area contributed by atoms with Crippen LogP contribution in [0.1, 0.15) is 26.2 Å². The molecule has 1 unspecified atom stereocenters. The van der Waals surface area contributed by atoms with Gasteiger partial charge in [-0.05, 0) is 37.8 Å². The SMILES string of the molecule is CC(Nc1nccc2occc12)C1CCC1. The monoisotopic (exact) mass is 216 g/mol. The van der Waals surface area contributed by atoms with E-state index in [0.29, 0.717) is 6.04 Å². The first-order chi connectivity index (χ1) is 7.84. The van der Waals surface area contributed by atoms with Gasteiger partial charge in [0.25, 0.3) is 0 Å². The van der Waals surface area contributed by atoms with E-state index in [-0.39, 0.29) is 0 Å². The number of hydrogen-bond donors (Lipinski definition) is 1. The number of pyridine rings is 1. The molecule has 0 bridgehead atoms. The zero-order chi connectivity index (χ0) is 11.0. The zero-order valence-corrected chi connectivity index (χ0v) is 9.44. The number of nitrogens with one attached hydrogen (secondary N) is 1. The van der Waals surface area contributed by atoms with Crippen molar-refractivity contribution in [2.45, 2.75) is 32.2 Å². The fourth-order valence-electron chi connectivity index (χ4n) is 2.28. The molecule has 2 aromatic rings. The van der Waals surface area contributed by atoms with Crippen molar-refractivity contribution in [1.82, 2.24) is 4.98 Å². The second kappa shape index (κ2) is 3.81. The van der Waals surface area contributed by atoms with Crippen LogP contribution in [0.25, 0.3) is 11.0 Å². The maximum absolute atomic E-state index is 5.36. The molecule has 1 aliphatic carbocycles. The molecule has 2 aromatic heterocycles. The van der Waals surface area contributed by atoms with E-state index < -0.39 is 0 Å². The Kier molecular flexibility index (Phi) is 2.31. The third-order valence-electron chi connectivity index (χ3n) is 3.60. The van der Waals surface area contributed by atoms with Gasteiger partial charge in [0.1, 0.15) is 11.4 Å². The fraction of sp³-hybridized carbons (Fsp3) is 0.462. The van der Waals surface area contributed by atoms with Gasteiger partial charge >= 0.3 is 0 Å². The number of nitrogens with zero attached hydrogens (tertiary/aromatic N) is 1. The molecule has 0 aromatic carbocycles. The number of anilines is 1. The molecule has 1 N–H and O–H groups in total. The van der Waals surface area contributed by atoms with Crippen LogP contribution in [0.4, 0.5) is 5.82 Å². The Morgan fingerprint density at radius 1 is 1.44 bits per heavy atom. The van der Waals surface area contributed by atoms with Crippen molar-refractivity contribution >= 4 is 16.8 Å². The van der Waals surface area contributed by atoms with E-state index in [2.05, 4.69) is 17.2 Å². The van der Waals surface area contributed by atoms with Gasteiger partial charge < -0.3 is 9.73 Å². The zero-order valence-electron chi connectivity index (χ0n) is 9.44. The summed E-state index contributed by atoms with van der Waals surface area (Å²) >= 11 is 0. The Bertz CT molecular complexity index is 487. The lowest BCUT2D eigenvalue weighted by atomic mass is 9.80. The number of aromatic nitrogens is 1. The van der Waals surface area contributed by atoms with Crippen molar-refractivity contribution in [2.24, 2.45) is 5.92 Å². The molecule has 3 heteroatoms. The molecule has 1 atom stereocenters. The first-order valence-corrected chi connectivity index (χ1v) is 5.93. The van der Waals surface area contributed by atoms with Gasteiger partial charge in [0.15, 0.2) is 0 Å². The first-order valence-electron chi connectivity index (χ1n) is 5.93. The van der Waals surface area contributed by atoms with Crippen molar-refractivity contribution in [3.63, 3.8) is 0 Å². The number of furan rings is 1. The summed E-state index contributed by atoms with van der Waals surface area (Å²) in [7, 11) is 0. The highest BCUT2D eigenvalue weighted by Gasteiger charge is 2.24. The van der Waals surface area contributed by atoms with E-state index in [1.807, 2.05) is 12.1 Å². The summed E-state index contributed by atoms with van der Waals surface area (Å²) in [4.78, 5) is 4.39. The Hall–Kier alpha value is -1.51. The molecule has 0 spiro atoms. The molecular formula is C13H16N2O. The van der Waals surface area contributed by atoms with Crippen LogP contribution >= 0.6 is 0 Å². The van der Waals surface area contributed by atoms with Crippen LogP contribution in [0.3, 0.4) is 0 Å². The largest absolute Gasteiger partial charge is 0.464 e. The summed E-state index contributed by atoms with van der Waals surface area (Å²) in [6, 6.07) is 4.37. The minimum atomic E-state index is 0.502. The van der Waals surface area contributed by atoms with Crippen LogP contribution in [-0.4, -0.2) is 11.0 Å². The summed E-state index contributed by atoms with van der Waals surface area (Å²) in [5.74, 6) is 1.76. The minimum Gasteiger partial charge on any atom is -0.464 e. The topological polar surface area (TPSA) is 38.1 Å². The molecule has 1 fully saturated rings. The predicted octanol–water partition coefficient (Wildman–Crippen LogP) is 3.43. The van der Waals surface area contributed by atoms with Gasteiger partial charge in [0.2, 0.25) is 0 Å². The van der Waals surface area contributed by atoms with Crippen LogP contribution in [0, 0.1) is 5.92 Å². The average Bonchev–Trinajstić information content (AvgIpc) is 2.63. The molecule has 0 radical (unpaired) electrons. The van der Waals surface area contributed by atoms with Gasteiger partial charge in [-0.3, -0.25) is 0 Å². The Balaban J connectivity index is 1.85. The number of fused-ring (bicyclic) bond motifs is 1. The average molecular weight is 216 g/mol. The molecule has 2 heterocycles. The summed E-state index contributed by atoms with van der Waals surface area (Å²) in [5.41, 5.74) is 0.901. The molecule has 1 aliphatic rings. The van der Waals surface area contributed by atoms with E-state index in [4.69, 9.17) is 4.42 Å². The van der Waals surface area contributed by atoms with E-state index in [9.17, 15) is 0 Å². The van der Waals surface area contributed by atoms with Crippen molar-refractivity contribution in [2.75, 3.05) is 5.32 Å². The quantitative estimate of drug-likeness (QED) is 0.854. The van der Waals surface area contributed by atoms with Crippen LogP contribution in [0.2, 0.25) is 0 Å². The number of hydrogen-bond acceptors (Lipinski definition) is 3. The van der Waals surface area contributed by atoms with Gasteiger partial charge in [-0.15, -0.1) is 0 Å². The maximum Gasteiger partial charge on any atom is 0.139 e. The van der Waals surface area contributed by atoms with Crippen molar-refractivity contribution in [1.29, 1.82) is 0 Å². The molecule has 84 valence electrons. The lowest BCUT2D eigenvalue weighted by Gasteiger charge is -2.32. The van der Waals surface area contributed by atoms with Crippen LogP contribution in [-0.2, 0) is 0 Å². The lowest BCUT2D eigenvalue weighted by molar-refractivity contribution is 0.285. The van der Waals surface area contributed by atoms with E-state index >= 15 is 0 Å². The van der Waals surface area contributed by atoms with Gasteiger partial charge in [0, 0.05) is 12.2 Å². The van der Waals surface area contributed by atoms with Gasteiger partial charge in [-0.25, -0.2) is 4.98 Å². The van der Waals surface area contributed by atoms with Crippen LogP contribution < -0.4 is 5.32 Å². The molecule has 16 heavy (non-hydrogen) atoms. The first kappa shape index (κ1) is 9.70. The van der Waals surface area contributed by atoms with Crippen molar-refractivity contribution in [3.05, 3.63) is 24.6 Å². The molecule has 0 amide bonds. The molecule has 3 nitrogen and oxygen atoms in total. The highest BCUT2D eigenvalue weighted by molar-refractivity contribution is 5.87. The summed E-state index contributed by atoms with van der Waals surface area (Å²) < 4.78 is 5.36. The highest BCUT2D eigenvalue weighted by Crippen LogP contribution is 2.32. The molecule has 0 saturated heterocycles. The van der Waals surface area contributed by atoms with Gasteiger partial charge in [-0.1, -0.05) is 6.42 Å². The normalized spacial score (nSPS) is 18.3. The molecule has 0 aliphatic heterocycles. The number of rotatable bonds is 3. The Morgan fingerprint density at radius 2 is 2.31 bits per heavy atom. The Morgan fingerprint density at radius 3 is 3.06 bits per heavy atom. The van der Waals surface area contributed by atoms with Gasteiger partial charge in [0.05, 0.1) is 11.6 Å². The van der Waals surface area contributed by atoms with Crippen LogP contribution in [0.5, 0.6) is 0 Å². The summed E-state index contributed by atoms with van der Waals surface area (Å²) in [6.45, 7) is 2.24. The highest BCUT2D eigenvalue weighted by atomic mass is 16.3. The second-order valence-electron chi connectivity index (χ2n) is 4.62. The third kappa shape index (κ3) is 1.56. The summed E-state index contributed by atoms with van der Waals surface area (Å²) in [6.07, 6.45) is 7.57. The molecule has 3 rings (SSSR count). The molecular weight excluding hydrogens is 200 g/mol. The standard InChI is InChI=1S/C13H16N2O/c1-9(10-3-2-4-10)15-13-11-6-8-16-12(11)5-7-14-13/h5-10H,2-4H2,1H3,(H,14,15). The lowest BCUT2D eigenvalue weighted by Crippen LogP contribution is -2.31. The fourth-order valence-corrected chi connectivity index (χ4v) is 2.28. The van der Waals surface area contributed by atoms with E-state index in [1.54, 1.807) is 12.5 Å². The van der Waals surface area contributed by atoms with E-state index in [1.165, 1.54) is 19.3 Å². The van der Waals surface area contributed by atoms with E-state index in [0.717, 1.165) is 22.7 Å². The second-order valence-corrected chi connectivity index (χ2v) is 4.62. The third-order valence-corrected chi connectivity index (χ3v) is 3.60. The van der Waals surface area contributed by atoms with Crippen LogP contribution in [0.15, 0.2) is 29.0 Å². The minimum absolute atomic E-state index is 0.502. The predicted molar refractivity (Wildman–Crippen MR) is 64.4 cm³/mol. The maximum atomic E-state index is 5.36. The molecule has 1 saturated carbocycles. The summed E-state index contributed by atoms with van der Waals surface area (Å²) in [5, 5.41) is 4.58. The van der Waals surface area contributed by atoms with Gasteiger partial charge in [-0.2, -0.15) is 0 Å².